The summed E-state index contributed by atoms with van der Waals surface area (Å²) in [4.78, 5) is 16.0. The number of nitriles is 1. The third kappa shape index (κ3) is 7.90. The van der Waals surface area contributed by atoms with Crippen LogP contribution in [-0.4, -0.2) is 96.7 Å². The lowest BCUT2D eigenvalue weighted by Crippen LogP contribution is -2.52. The Morgan fingerprint density at radius 3 is 2.48 bits per heavy atom. The number of nitrogens with one attached hydrogen (secondary N) is 1. The van der Waals surface area contributed by atoms with E-state index in [1.807, 2.05) is 32.2 Å². The van der Waals surface area contributed by atoms with Crippen LogP contribution in [0.5, 0.6) is 11.6 Å². The molecule has 1 aliphatic carbocycles. The van der Waals surface area contributed by atoms with Crippen LogP contribution in [0.3, 0.4) is 0 Å². The number of aromatic nitrogens is 7. The zero-order chi connectivity index (χ0) is 34.3. The predicted molar refractivity (Wildman–Crippen MR) is 185 cm³/mol. The molecule has 3 fully saturated rings. The molecule has 0 unspecified atom stereocenters. The third-order valence-corrected chi connectivity index (χ3v) is 9.91. The first-order valence-electron chi connectivity index (χ1n) is 17.9. The topological polar surface area (TPSA) is 150 Å². The van der Waals surface area contributed by atoms with Crippen molar-refractivity contribution in [2.45, 2.75) is 95.6 Å². The van der Waals surface area contributed by atoms with Crippen LogP contribution in [0.4, 0.5) is 11.6 Å². The van der Waals surface area contributed by atoms with E-state index in [-0.39, 0.29) is 6.10 Å². The minimum Gasteiger partial charge on any atom is -0.487 e. The molecule has 0 spiro atoms. The molecule has 3 atom stereocenters. The predicted octanol–water partition coefficient (Wildman–Crippen LogP) is 5.17. The minimum absolute atomic E-state index is 0.228. The molecule has 14 heteroatoms. The molecule has 2 saturated heterocycles. The monoisotopic (exact) mass is 682 g/mol. The van der Waals surface area contributed by atoms with Crippen LogP contribution in [0.15, 0.2) is 49.4 Å². The summed E-state index contributed by atoms with van der Waals surface area (Å²) in [5, 5.41) is 22.1. The van der Waals surface area contributed by atoms with E-state index in [1.54, 1.807) is 29.5 Å². The van der Waals surface area contributed by atoms with Crippen molar-refractivity contribution >= 4 is 11.6 Å². The Kier molecular flexibility index (Phi) is 10.8. The van der Waals surface area contributed by atoms with Gasteiger partial charge in [-0.1, -0.05) is 6.07 Å². The molecular weight excluding hydrogens is 636 g/mol. The van der Waals surface area contributed by atoms with Crippen molar-refractivity contribution in [3.05, 3.63) is 55.0 Å². The standard InChI is InChI=1S/C36H46N10O4/c1-3-47-13-4-14-49-35-33(20-45(43-35)29-7-9-30(10-8-29)46-31-11-12-32(46)22-48-21-31)42-36-39-17-28(18-40-36)26-5-6-27(16-37)34(15-26)50-25(2)19-44-24-38-23-41-44/h5-6,15,17-18,20,23-25,29-32H,3-4,7-14,19,21-22H2,1-2H3,(H,39,40,42)/t25-,29-,30-,31-,32+/m0/s1. The molecule has 14 nitrogen and oxygen atoms in total. The van der Waals surface area contributed by atoms with E-state index < -0.39 is 0 Å². The molecule has 4 aromatic rings. The van der Waals surface area contributed by atoms with Gasteiger partial charge in [0.2, 0.25) is 5.95 Å². The Bertz CT molecular complexity index is 1700. The number of benzene rings is 1. The first-order valence-corrected chi connectivity index (χ1v) is 17.9. The lowest BCUT2D eigenvalue weighted by atomic mass is 9.89. The van der Waals surface area contributed by atoms with Crippen molar-refractivity contribution in [2.75, 3.05) is 38.4 Å². The number of rotatable bonds is 15. The summed E-state index contributed by atoms with van der Waals surface area (Å²) >= 11 is 0. The van der Waals surface area contributed by atoms with Gasteiger partial charge in [0.15, 0.2) is 0 Å². The van der Waals surface area contributed by atoms with Crippen molar-refractivity contribution in [2.24, 2.45) is 0 Å². The van der Waals surface area contributed by atoms with Crippen LogP contribution in [0, 0.1) is 11.3 Å². The minimum atomic E-state index is -0.228. The van der Waals surface area contributed by atoms with Gasteiger partial charge in [-0.15, -0.1) is 5.10 Å². The molecule has 1 N–H and O–H groups in total. The maximum Gasteiger partial charge on any atom is 0.256 e. The highest BCUT2D eigenvalue weighted by atomic mass is 16.5. The van der Waals surface area contributed by atoms with Crippen molar-refractivity contribution in [3.63, 3.8) is 0 Å². The first kappa shape index (κ1) is 33.9. The Morgan fingerprint density at radius 2 is 1.76 bits per heavy atom. The van der Waals surface area contributed by atoms with Crippen LogP contribution in [0.2, 0.25) is 0 Å². The summed E-state index contributed by atoms with van der Waals surface area (Å²) in [5.41, 5.74) is 2.82. The number of hydrogen-bond acceptors (Lipinski definition) is 12. The Balaban J connectivity index is 1.02. The lowest BCUT2D eigenvalue weighted by Gasteiger charge is -2.43. The molecule has 7 rings (SSSR count). The molecule has 0 radical (unpaired) electrons. The lowest BCUT2D eigenvalue weighted by molar-refractivity contribution is -0.0458. The Morgan fingerprint density at radius 1 is 1.00 bits per heavy atom. The second kappa shape index (κ2) is 16.0. The van der Waals surface area contributed by atoms with E-state index in [4.69, 9.17) is 24.0 Å². The number of nitrogens with zero attached hydrogens (tertiary/aromatic N) is 9. The van der Waals surface area contributed by atoms with Crippen molar-refractivity contribution in [1.82, 2.24) is 39.4 Å². The quantitative estimate of drug-likeness (QED) is 0.165. The average molecular weight is 683 g/mol. The summed E-state index contributed by atoms with van der Waals surface area (Å²) in [6, 6.07) is 9.80. The van der Waals surface area contributed by atoms with Crippen molar-refractivity contribution in [1.29, 1.82) is 5.26 Å². The van der Waals surface area contributed by atoms with Gasteiger partial charge >= 0.3 is 0 Å². The molecule has 3 aliphatic rings. The third-order valence-electron chi connectivity index (χ3n) is 9.91. The second-order valence-corrected chi connectivity index (χ2v) is 13.3. The van der Waals surface area contributed by atoms with Crippen LogP contribution < -0.4 is 14.8 Å². The zero-order valence-corrected chi connectivity index (χ0v) is 28.9. The van der Waals surface area contributed by atoms with Crippen LogP contribution in [0.1, 0.15) is 70.4 Å². The SMILES string of the molecule is CCOCCCOc1nn([C@H]2CC[C@H](N3[C@@H]4CC[C@H]3COC4)CC2)cc1Nc1ncc(-c2ccc(C#N)c(O[C@@H](C)Cn3cncn3)c2)cn1. The Labute approximate surface area is 292 Å². The largest absolute Gasteiger partial charge is 0.487 e. The van der Waals surface area contributed by atoms with Gasteiger partial charge in [0.05, 0.1) is 44.2 Å². The van der Waals surface area contributed by atoms with Gasteiger partial charge in [0, 0.05) is 55.7 Å². The Hall–Kier alpha value is -4.58. The summed E-state index contributed by atoms with van der Waals surface area (Å²) in [7, 11) is 0. The van der Waals surface area contributed by atoms with Crippen LogP contribution >= 0.6 is 0 Å². The molecule has 3 aromatic heterocycles. The maximum absolute atomic E-state index is 9.69. The highest BCUT2D eigenvalue weighted by Gasteiger charge is 2.42. The van der Waals surface area contributed by atoms with E-state index in [0.717, 1.165) is 62.1 Å². The fourth-order valence-corrected chi connectivity index (χ4v) is 7.50. The maximum atomic E-state index is 9.69. The van der Waals surface area contributed by atoms with E-state index in [2.05, 4.69) is 41.0 Å². The highest BCUT2D eigenvalue weighted by molar-refractivity contribution is 5.67. The van der Waals surface area contributed by atoms with E-state index in [0.29, 0.717) is 73.7 Å². The van der Waals surface area contributed by atoms with Gasteiger partial charge in [-0.2, -0.15) is 10.4 Å². The molecule has 5 heterocycles. The number of ether oxygens (including phenoxy) is 4. The van der Waals surface area contributed by atoms with E-state index >= 15 is 0 Å². The molecule has 50 heavy (non-hydrogen) atoms. The smallest absolute Gasteiger partial charge is 0.256 e. The second-order valence-electron chi connectivity index (χ2n) is 13.3. The van der Waals surface area contributed by atoms with Crippen molar-refractivity contribution in [3.8, 4) is 28.8 Å². The summed E-state index contributed by atoms with van der Waals surface area (Å²) in [6.45, 7) is 8.01. The number of anilines is 2. The normalized spacial score (nSPS) is 22.6. The van der Waals surface area contributed by atoms with Gasteiger partial charge in [0.25, 0.3) is 5.88 Å². The van der Waals surface area contributed by atoms with Crippen LogP contribution in [0.25, 0.3) is 11.1 Å². The fraction of sp³-hybridized carbons (Fsp3) is 0.556. The van der Waals surface area contributed by atoms with Crippen molar-refractivity contribution < 1.29 is 18.9 Å². The van der Waals surface area contributed by atoms with Gasteiger partial charge in [-0.3, -0.25) is 9.58 Å². The molecular formula is C36H46N10O4. The van der Waals surface area contributed by atoms with Gasteiger partial charge in [-0.25, -0.2) is 19.6 Å². The van der Waals surface area contributed by atoms with Gasteiger partial charge < -0.3 is 24.3 Å². The van der Waals surface area contributed by atoms with E-state index in [1.165, 1.54) is 19.2 Å². The zero-order valence-electron chi connectivity index (χ0n) is 28.9. The fourth-order valence-electron chi connectivity index (χ4n) is 7.50. The summed E-state index contributed by atoms with van der Waals surface area (Å²) in [5.74, 6) is 1.46. The number of fused-ring (bicyclic) bond motifs is 2. The first-order chi connectivity index (χ1) is 24.6. The highest BCUT2D eigenvalue weighted by Crippen LogP contribution is 2.39. The van der Waals surface area contributed by atoms with Gasteiger partial charge in [-0.05, 0) is 70.1 Å². The summed E-state index contributed by atoms with van der Waals surface area (Å²) < 4.78 is 27.4. The van der Waals surface area contributed by atoms with Gasteiger partial charge in [0.1, 0.15) is 36.3 Å². The summed E-state index contributed by atoms with van der Waals surface area (Å²) in [6.07, 6.45) is 16.2. The number of hydrogen-bond donors (Lipinski definition) is 1. The number of morpholine rings is 1. The van der Waals surface area contributed by atoms with Crippen LogP contribution in [-0.2, 0) is 16.0 Å². The molecule has 1 aromatic carbocycles. The molecule has 2 aliphatic heterocycles. The molecule has 2 bridgehead atoms. The average Bonchev–Trinajstić information content (AvgIpc) is 3.86. The molecule has 0 amide bonds. The van der Waals surface area contributed by atoms with E-state index in [9.17, 15) is 5.26 Å². The molecule has 264 valence electrons. The molecule has 1 saturated carbocycles.